The summed E-state index contributed by atoms with van der Waals surface area (Å²) in [5, 5.41) is 3.69. The Balaban J connectivity index is 2.19. The summed E-state index contributed by atoms with van der Waals surface area (Å²) in [5.41, 5.74) is 2.77. The largest absolute Gasteiger partial charge is 0.310 e. The zero-order chi connectivity index (χ0) is 13.0. The summed E-state index contributed by atoms with van der Waals surface area (Å²) in [5.74, 6) is 1.65. The third kappa shape index (κ3) is 3.11. The number of pyridine rings is 1. The van der Waals surface area contributed by atoms with E-state index in [1.807, 2.05) is 6.20 Å². The standard InChI is InChI=1S/C16H26N2/c1-4-18-16(14-7-5-6-12(2)10-14)15-11-17-9-8-13(15)3/h8-9,11-12,14,16,18H,4-7,10H2,1-3H3. The molecule has 0 radical (unpaired) electrons. The molecule has 18 heavy (non-hydrogen) atoms. The fourth-order valence-corrected chi connectivity index (χ4v) is 3.34. The molecule has 0 aromatic carbocycles. The molecule has 0 spiro atoms. The van der Waals surface area contributed by atoms with Gasteiger partial charge in [0.2, 0.25) is 0 Å². The van der Waals surface area contributed by atoms with Crippen molar-refractivity contribution >= 4 is 0 Å². The monoisotopic (exact) mass is 246 g/mol. The maximum atomic E-state index is 4.32. The summed E-state index contributed by atoms with van der Waals surface area (Å²) in [4.78, 5) is 4.32. The zero-order valence-corrected chi connectivity index (χ0v) is 11.9. The lowest BCUT2D eigenvalue weighted by atomic mass is 9.76. The predicted octanol–water partition coefficient (Wildman–Crippen LogP) is 3.87. The van der Waals surface area contributed by atoms with E-state index in [9.17, 15) is 0 Å². The Hall–Kier alpha value is -0.890. The molecule has 0 amide bonds. The molecule has 1 N–H and O–H groups in total. The maximum absolute atomic E-state index is 4.32. The van der Waals surface area contributed by atoms with Crippen LogP contribution in [0.2, 0.25) is 0 Å². The lowest BCUT2D eigenvalue weighted by Gasteiger charge is -2.34. The summed E-state index contributed by atoms with van der Waals surface area (Å²) in [6.07, 6.45) is 9.45. The van der Waals surface area contributed by atoms with Crippen molar-refractivity contribution in [3.05, 3.63) is 29.6 Å². The van der Waals surface area contributed by atoms with Gasteiger partial charge in [-0.15, -0.1) is 0 Å². The van der Waals surface area contributed by atoms with Crippen molar-refractivity contribution < 1.29 is 0 Å². The van der Waals surface area contributed by atoms with Gasteiger partial charge in [-0.1, -0.05) is 26.7 Å². The second-order valence-electron chi connectivity index (χ2n) is 5.80. The van der Waals surface area contributed by atoms with E-state index in [-0.39, 0.29) is 0 Å². The zero-order valence-electron chi connectivity index (χ0n) is 11.9. The number of aromatic nitrogens is 1. The number of hydrogen-bond donors (Lipinski definition) is 1. The summed E-state index contributed by atoms with van der Waals surface area (Å²) >= 11 is 0. The van der Waals surface area contributed by atoms with Crippen molar-refractivity contribution in [2.75, 3.05) is 6.54 Å². The minimum Gasteiger partial charge on any atom is -0.310 e. The molecule has 1 heterocycles. The van der Waals surface area contributed by atoms with Crippen LogP contribution in [0.4, 0.5) is 0 Å². The SMILES string of the molecule is CCNC(c1cnccc1C)C1CCCC(C)C1. The Morgan fingerprint density at radius 2 is 2.28 bits per heavy atom. The molecule has 3 unspecified atom stereocenters. The van der Waals surface area contributed by atoms with Crippen LogP contribution in [0.25, 0.3) is 0 Å². The van der Waals surface area contributed by atoms with Crippen molar-refractivity contribution in [2.45, 2.75) is 52.5 Å². The molecule has 100 valence electrons. The lowest BCUT2D eigenvalue weighted by Crippen LogP contribution is -2.31. The quantitative estimate of drug-likeness (QED) is 0.872. The van der Waals surface area contributed by atoms with Gasteiger partial charge in [-0.3, -0.25) is 4.98 Å². The first-order valence-corrected chi connectivity index (χ1v) is 7.36. The molecule has 2 rings (SSSR count). The Morgan fingerprint density at radius 1 is 1.44 bits per heavy atom. The molecular formula is C16H26N2. The van der Waals surface area contributed by atoms with Gasteiger partial charge in [0.1, 0.15) is 0 Å². The summed E-state index contributed by atoms with van der Waals surface area (Å²) in [7, 11) is 0. The second kappa shape index (κ2) is 6.33. The van der Waals surface area contributed by atoms with Gasteiger partial charge in [0.25, 0.3) is 0 Å². The van der Waals surface area contributed by atoms with E-state index in [0.29, 0.717) is 6.04 Å². The van der Waals surface area contributed by atoms with Crippen LogP contribution < -0.4 is 5.32 Å². The van der Waals surface area contributed by atoms with E-state index >= 15 is 0 Å². The molecule has 0 aliphatic heterocycles. The maximum Gasteiger partial charge on any atom is 0.0366 e. The second-order valence-corrected chi connectivity index (χ2v) is 5.80. The van der Waals surface area contributed by atoms with E-state index < -0.39 is 0 Å². The molecule has 1 aromatic heterocycles. The van der Waals surface area contributed by atoms with Crippen LogP contribution >= 0.6 is 0 Å². The highest BCUT2D eigenvalue weighted by molar-refractivity contribution is 5.25. The van der Waals surface area contributed by atoms with Crippen LogP contribution in [0.5, 0.6) is 0 Å². The Kier molecular flexibility index (Phi) is 4.76. The van der Waals surface area contributed by atoms with E-state index in [1.165, 1.54) is 36.8 Å². The van der Waals surface area contributed by atoms with Crippen molar-refractivity contribution in [1.29, 1.82) is 0 Å². The van der Waals surface area contributed by atoms with E-state index in [4.69, 9.17) is 0 Å². The summed E-state index contributed by atoms with van der Waals surface area (Å²) in [6, 6.07) is 2.62. The van der Waals surface area contributed by atoms with Crippen molar-refractivity contribution in [2.24, 2.45) is 11.8 Å². The minimum atomic E-state index is 0.492. The Morgan fingerprint density at radius 3 is 2.94 bits per heavy atom. The number of aryl methyl sites for hydroxylation is 1. The Bertz CT molecular complexity index is 375. The van der Waals surface area contributed by atoms with E-state index in [2.05, 4.69) is 43.3 Å². The molecule has 2 heteroatoms. The minimum absolute atomic E-state index is 0.492. The van der Waals surface area contributed by atoms with Gasteiger partial charge in [-0.25, -0.2) is 0 Å². The predicted molar refractivity (Wildman–Crippen MR) is 76.5 cm³/mol. The average molecular weight is 246 g/mol. The first-order chi connectivity index (χ1) is 8.72. The van der Waals surface area contributed by atoms with Crippen LogP contribution in [0.3, 0.4) is 0 Å². The Labute approximate surface area is 111 Å². The third-order valence-corrected chi connectivity index (χ3v) is 4.29. The molecule has 0 bridgehead atoms. The lowest BCUT2D eigenvalue weighted by molar-refractivity contribution is 0.224. The van der Waals surface area contributed by atoms with Gasteiger partial charge in [0.15, 0.2) is 0 Å². The molecule has 2 nitrogen and oxygen atoms in total. The molecular weight excluding hydrogens is 220 g/mol. The van der Waals surface area contributed by atoms with E-state index in [0.717, 1.165) is 18.4 Å². The van der Waals surface area contributed by atoms with Crippen LogP contribution in [-0.2, 0) is 0 Å². The van der Waals surface area contributed by atoms with Crippen molar-refractivity contribution in [3.8, 4) is 0 Å². The number of nitrogens with zero attached hydrogens (tertiary/aromatic N) is 1. The highest BCUT2D eigenvalue weighted by Crippen LogP contribution is 2.37. The smallest absolute Gasteiger partial charge is 0.0366 e. The number of hydrogen-bond acceptors (Lipinski definition) is 2. The fourth-order valence-electron chi connectivity index (χ4n) is 3.34. The van der Waals surface area contributed by atoms with Crippen LogP contribution in [0.15, 0.2) is 18.5 Å². The van der Waals surface area contributed by atoms with E-state index in [1.54, 1.807) is 0 Å². The van der Waals surface area contributed by atoms with Crippen LogP contribution in [0.1, 0.15) is 56.7 Å². The first kappa shape index (κ1) is 13.5. The topological polar surface area (TPSA) is 24.9 Å². The first-order valence-electron chi connectivity index (χ1n) is 7.36. The van der Waals surface area contributed by atoms with Crippen LogP contribution in [0, 0.1) is 18.8 Å². The van der Waals surface area contributed by atoms with Crippen molar-refractivity contribution in [3.63, 3.8) is 0 Å². The molecule has 1 aliphatic carbocycles. The highest BCUT2D eigenvalue weighted by atomic mass is 14.9. The number of nitrogens with one attached hydrogen (secondary N) is 1. The summed E-state index contributed by atoms with van der Waals surface area (Å²) < 4.78 is 0. The van der Waals surface area contributed by atoms with Gasteiger partial charge >= 0.3 is 0 Å². The van der Waals surface area contributed by atoms with Crippen molar-refractivity contribution in [1.82, 2.24) is 10.3 Å². The van der Waals surface area contributed by atoms with Gasteiger partial charge in [-0.05, 0) is 55.3 Å². The molecule has 1 fully saturated rings. The van der Waals surface area contributed by atoms with Gasteiger partial charge < -0.3 is 5.32 Å². The average Bonchev–Trinajstić information content (AvgIpc) is 2.37. The molecule has 3 atom stereocenters. The third-order valence-electron chi connectivity index (χ3n) is 4.29. The molecule has 1 aromatic rings. The van der Waals surface area contributed by atoms with Crippen LogP contribution in [-0.4, -0.2) is 11.5 Å². The highest BCUT2D eigenvalue weighted by Gasteiger charge is 2.28. The van der Waals surface area contributed by atoms with Gasteiger partial charge in [0, 0.05) is 18.4 Å². The molecule has 1 saturated carbocycles. The molecule has 1 aliphatic rings. The fraction of sp³-hybridized carbons (Fsp3) is 0.688. The number of rotatable bonds is 4. The molecule has 0 saturated heterocycles. The summed E-state index contributed by atoms with van der Waals surface area (Å²) in [6.45, 7) is 7.83. The van der Waals surface area contributed by atoms with Gasteiger partial charge in [0.05, 0.1) is 0 Å². The normalized spacial score (nSPS) is 25.9. The van der Waals surface area contributed by atoms with Gasteiger partial charge in [-0.2, -0.15) is 0 Å².